The molecule has 1 aromatic rings. The van der Waals surface area contributed by atoms with Crippen molar-refractivity contribution >= 4 is 11.9 Å². The predicted molar refractivity (Wildman–Crippen MR) is 81.4 cm³/mol. The standard InChI is InChI=1S/C15H24N4O2/c1-11-8-17-13(9-16-11)19-7-5-6-12(10-19)18-14(20)21-15(2,3)4/h8-9,12H,5-7,10H2,1-4H3,(H,18,20)/t12-/m0/s1. The molecular weight excluding hydrogens is 268 g/mol. The fraction of sp³-hybridized carbons (Fsp3) is 0.667. The average Bonchev–Trinajstić information content (AvgIpc) is 2.37. The van der Waals surface area contributed by atoms with Crippen LogP contribution in [0.15, 0.2) is 12.4 Å². The maximum Gasteiger partial charge on any atom is 0.407 e. The molecule has 6 nitrogen and oxygen atoms in total. The summed E-state index contributed by atoms with van der Waals surface area (Å²) in [5, 5.41) is 2.94. The fourth-order valence-electron chi connectivity index (χ4n) is 2.33. The number of rotatable bonds is 2. The van der Waals surface area contributed by atoms with E-state index in [2.05, 4.69) is 20.2 Å². The third kappa shape index (κ3) is 4.88. The first-order valence-corrected chi connectivity index (χ1v) is 7.36. The Bertz CT molecular complexity index is 481. The predicted octanol–water partition coefficient (Wildman–Crippen LogP) is 2.28. The number of hydrogen-bond donors (Lipinski definition) is 1. The molecule has 0 radical (unpaired) electrons. The van der Waals surface area contributed by atoms with Gasteiger partial charge in [-0.3, -0.25) is 4.98 Å². The van der Waals surface area contributed by atoms with E-state index in [1.807, 2.05) is 27.7 Å². The molecule has 0 bridgehead atoms. The Morgan fingerprint density at radius 1 is 1.38 bits per heavy atom. The molecule has 1 aliphatic rings. The molecule has 2 rings (SSSR count). The summed E-state index contributed by atoms with van der Waals surface area (Å²) in [5.74, 6) is 0.858. The van der Waals surface area contributed by atoms with Gasteiger partial charge in [-0.2, -0.15) is 0 Å². The van der Waals surface area contributed by atoms with Gasteiger partial charge in [0.25, 0.3) is 0 Å². The van der Waals surface area contributed by atoms with E-state index in [0.717, 1.165) is 37.4 Å². The van der Waals surface area contributed by atoms with Crippen molar-refractivity contribution in [2.75, 3.05) is 18.0 Å². The van der Waals surface area contributed by atoms with E-state index in [1.54, 1.807) is 12.4 Å². The third-order valence-electron chi connectivity index (χ3n) is 3.23. The number of carbonyl (C=O) groups excluding carboxylic acids is 1. The summed E-state index contributed by atoms with van der Waals surface area (Å²) < 4.78 is 5.30. The smallest absolute Gasteiger partial charge is 0.407 e. The number of nitrogens with one attached hydrogen (secondary N) is 1. The van der Waals surface area contributed by atoms with Crippen LogP contribution in [-0.4, -0.2) is 40.8 Å². The summed E-state index contributed by atoms with van der Waals surface area (Å²) in [4.78, 5) is 22.7. The SMILES string of the molecule is Cc1cnc(N2CCC[C@H](NC(=O)OC(C)(C)C)C2)cn1. The van der Waals surface area contributed by atoms with E-state index in [-0.39, 0.29) is 12.1 Å². The number of alkyl carbamates (subject to hydrolysis) is 1. The minimum absolute atomic E-state index is 0.0803. The zero-order chi connectivity index (χ0) is 15.5. The second-order valence-electron chi connectivity index (χ2n) is 6.45. The Balaban J connectivity index is 1.91. The van der Waals surface area contributed by atoms with Crippen LogP contribution >= 0.6 is 0 Å². The number of nitrogens with zero attached hydrogens (tertiary/aromatic N) is 3. The van der Waals surface area contributed by atoms with Crippen molar-refractivity contribution in [1.82, 2.24) is 15.3 Å². The highest BCUT2D eigenvalue weighted by molar-refractivity contribution is 5.68. The van der Waals surface area contributed by atoms with Crippen LogP contribution in [0.1, 0.15) is 39.3 Å². The minimum Gasteiger partial charge on any atom is -0.444 e. The van der Waals surface area contributed by atoms with Crippen molar-refractivity contribution in [2.45, 2.75) is 52.2 Å². The Hall–Kier alpha value is -1.85. The van der Waals surface area contributed by atoms with Crippen LogP contribution in [0.4, 0.5) is 10.6 Å². The molecule has 6 heteroatoms. The molecule has 0 saturated carbocycles. The van der Waals surface area contributed by atoms with Gasteiger partial charge in [0.15, 0.2) is 0 Å². The highest BCUT2D eigenvalue weighted by Crippen LogP contribution is 2.17. The number of ether oxygens (including phenoxy) is 1. The van der Waals surface area contributed by atoms with Crippen LogP contribution in [0.3, 0.4) is 0 Å². The molecule has 1 aliphatic heterocycles. The molecule has 0 unspecified atom stereocenters. The molecule has 0 aromatic carbocycles. The molecule has 21 heavy (non-hydrogen) atoms. The summed E-state index contributed by atoms with van der Waals surface area (Å²) in [6.45, 7) is 9.17. The van der Waals surface area contributed by atoms with Gasteiger partial charge in [0.05, 0.1) is 18.1 Å². The lowest BCUT2D eigenvalue weighted by Crippen LogP contribution is -2.49. The maximum absolute atomic E-state index is 11.8. The van der Waals surface area contributed by atoms with Gasteiger partial charge in [-0.1, -0.05) is 0 Å². The molecule has 116 valence electrons. The third-order valence-corrected chi connectivity index (χ3v) is 3.23. The van der Waals surface area contributed by atoms with Gasteiger partial charge in [-0.25, -0.2) is 9.78 Å². The number of aryl methyl sites for hydroxylation is 1. The van der Waals surface area contributed by atoms with Crippen LogP contribution < -0.4 is 10.2 Å². The van der Waals surface area contributed by atoms with Crippen molar-refractivity contribution in [3.05, 3.63) is 18.1 Å². The topological polar surface area (TPSA) is 67.4 Å². The summed E-state index contributed by atoms with van der Waals surface area (Å²) in [5.41, 5.74) is 0.431. The van der Waals surface area contributed by atoms with Gasteiger partial charge < -0.3 is 15.0 Å². The van der Waals surface area contributed by atoms with E-state index < -0.39 is 5.60 Å². The van der Waals surface area contributed by atoms with Crippen LogP contribution in [0.5, 0.6) is 0 Å². The van der Waals surface area contributed by atoms with E-state index in [4.69, 9.17) is 4.74 Å². The molecule has 1 atom stereocenters. The lowest BCUT2D eigenvalue weighted by atomic mass is 10.1. The van der Waals surface area contributed by atoms with Crippen molar-refractivity contribution in [2.24, 2.45) is 0 Å². The summed E-state index contributed by atoms with van der Waals surface area (Å²) in [7, 11) is 0. The van der Waals surface area contributed by atoms with E-state index in [0.29, 0.717) is 0 Å². The van der Waals surface area contributed by atoms with Crippen LogP contribution in [0.25, 0.3) is 0 Å². The largest absolute Gasteiger partial charge is 0.444 e. The first kappa shape index (κ1) is 15.5. The zero-order valence-electron chi connectivity index (χ0n) is 13.2. The minimum atomic E-state index is -0.471. The number of carbonyl (C=O) groups is 1. The molecule has 2 heterocycles. The zero-order valence-corrected chi connectivity index (χ0v) is 13.2. The quantitative estimate of drug-likeness (QED) is 0.905. The van der Waals surface area contributed by atoms with Crippen molar-refractivity contribution in [3.8, 4) is 0 Å². The first-order valence-electron chi connectivity index (χ1n) is 7.36. The van der Waals surface area contributed by atoms with Crippen molar-refractivity contribution < 1.29 is 9.53 Å². The molecule has 1 N–H and O–H groups in total. The maximum atomic E-state index is 11.8. The Morgan fingerprint density at radius 2 is 2.14 bits per heavy atom. The molecule has 1 fully saturated rings. The molecule has 1 saturated heterocycles. The Kier molecular flexibility index (Phi) is 4.65. The van der Waals surface area contributed by atoms with Crippen LogP contribution in [0.2, 0.25) is 0 Å². The average molecular weight is 292 g/mol. The van der Waals surface area contributed by atoms with Gasteiger partial charge in [-0.15, -0.1) is 0 Å². The Labute approximate surface area is 125 Å². The van der Waals surface area contributed by atoms with Gasteiger partial charge in [-0.05, 0) is 40.5 Å². The van der Waals surface area contributed by atoms with Gasteiger partial charge >= 0.3 is 6.09 Å². The Morgan fingerprint density at radius 3 is 2.76 bits per heavy atom. The summed E-state index contributed by atoms with van der Waals surface area (Å²) >= 11 is 0. The highest BCUT2D eigenvalue weighted by atomic mass is 16.6. The number of hydrogen-bond acceptors (Lipinski definition) is 5. The van der Waals surface area contributed by atoms with Crippen molar-refractivity contribution in [1.29, 1.82) is 0 Å². The molecule has 1 amide bonds. The number of aromatic nitrogens is 2. The van der Waals surface area contributed by atoms with E-state index in [9.17, 15) is 4.79 Å². The van der Waals surface area contributed by atoms with Gasteiger partial charge in [0, 0.05) is 19.1 Å². The summed E-state index contributed by atoms with van der Waals surface area (Å²) in [6.07, 6.45) is 5.15. The summed E-state index contributed by atoms with van der Waals surface area (Å²) in [6, 6.07) is 0.0803. The fourth-order valence-corrected chi connectivity index (χ4v) is 2.33. The highest BCUT2D eigenvalue weighted by Gasteiger charge is 2.24. The van der Waals surface area contributed by atoms with E-state index >= 15 is 0 Å². The number of piperidine rings is 1. The molecule has 1 aromatic heterocycles. The van der Waals surface area contributed by atoms with Crippen LogP contribution in [0, 0.1) is 6.92 Å². The number of anilines is 1. The van der Waals surface area contributed by atoms with Gasteiger partial charge in [0.1, 0.15) is 11.4 Å². The lowest BCUT2D eigenvalue weighted by Gasteiger charge is -2.34. The normalized spacial score (nSPS) is 19.2. The van der Waals surface area contributed by atoms with E-state index in [1.165, 1.54) is 0 Å². The lowest BCUT2D eigenvalue weighted by molar-refractivity contribution is 0.0500. The van der Waals surface area contributed by atoms with Crippen molar-refractivity contribution in [3.63, 3.8) is 0 Å². The number of amides is 1. The molecular formula is C15H24N4O2. The van der Waals surface area contributed by atoms with Crippen LogP contribution in [-0.2, 0) is 4.74 Å². The van der Waals surface area contributed by atoms with Gasteiger partial charge in [0.2, 0.25) is 0 Å². The second-order valence-corrected chi connectivity index (χ2v) is 6.45. The second kappa shape index (κ2) is 6.28. The first-order chi connectivity index (χ1) is 9.83. The monoisotopic (exact) mass is 292 g/mol. The molecule has 0 aliphatic carbocycles. The molecule has 0 spiro atoms.